The number of hydrogen-bond donors (Lipinski definition) is 0. The summed E-state index contributed by atoms with van der Waals surface area (Å²) in [5, 5.41) is 6.43. The molecule has 1 aromatic heterocycles. The molecule has 8 heteroatoms. The van der Waals surface area contributed by atoms with Crippen LogP contribution in [0.15, 0.2) is 99.7 Å². The van der Waals surface area contributed by atoms with E-state index in [1.807, 2.05) is 37.3 Å². The van der Waals surface area contributed by atoms with Gasteiger partial charge in [0.2, 0.25) is 0 Å². The van der Waals surface area contributed by atoms with Crippen LogP contribution in [-0.4, -0.2) is 24.3 Å². The molecule has 0 aliphatic heterocycles. The van der Waals surface area contributed by atoms with Crippen LogP contribution in [0.2, 0.25) is 0 Å². The second kappa shape index (κ2) is 8.81. The van der Waals surface area contributed by atoms with Crippen LogP contribution in [0.4, 0.5) is 0 Å². The van der Waals surface area contributed by atoms with E-state index in [-0.39, 0.29) is 16.2 Å². The first-order valence-electron chi connectivity index (χ1n) is 10.9. The quantitative estimate of drug-likeness (QED) is 0.264. The zero-order valence-corrected chi connectivity index (χ0v) is 19.9. The van der Waals surface area contributed by atoms with Gasteiger partial charge in [-0.15, -0.1) is 0 Å². The maximum atomic E-state index is 13.0. The van der Waals surface area contributed by atoms with Gasteiger partial charge in [-0.3, -0.25) is 4.79 Å². The lowest BCUT2D eigenvalue weighted by molar-refractivity contribution is 0.486. The fourth-order valence-corrected chi connectivity index (χ4v) is 4.79. The SMILES string of the molecule is Cc1ccc(S(=O)(=O)Oc2ccc3ccccc3c2C=Nn2c(C)nc3ccccc3c2=O)cc1. The molecule has 0 spiro atoms. The number of rotatable bonds is 5. The average Bonchev–Trinajstić information content (AvgIpc) is 2.85. The summed E-state index contributed by atoms with van der Waals surface area (Å²) in [6.07, 6.45) is 1.44. The number of fused-ring (bicyclic) bond motifs is 2. The molecule has 0 bridgehead atoms. The van der Waals surface area contributed by atoms with Crippen molar-refractivity contribution in [3.8, 4) is 5.75 Å². The van der Waals surface area contributed by atoms with Crippen molar-refractivity contribution in [3.63, 3.8) is 0 Å². The van der Waals surface area contributed by atoms with Gasteiger partial charge >= 0.3 is 10.1 Å². The monoisotopic (exact) mass is 483 g/mol. The molecule has 0 saturated heterocycles. The molecule has 1 heterocycles. The van der Waals surface area contributed by atoms with Crippen LogP contribution in [0.25, 0.3) is 21.7 Å². The molecule has 0 unspecified atom stereocenters. The smallest absolute Gasteiger partial charge is 0.339 e. The Morgan fingerprint density at radius 1 is 0.857 bits per heavy atom. The average molecular weight is 484 g/mol. The van der Waals surface area contributed by atoms with Crippen molar-refractivity contribution in [2.24, 2.45) is 5.10 Å². The van der Waals surface area contributed by atoms with Crippen molar-refractivity contribution < 1.29 is 12.6 Å². The van der Waals surface area contributed by atoms with Gasteiger partial charge in [-0.1, -0.05) is 60.2 Å². The molecular formula is C27H21N3O4S. The van der Waals surface area contributed by atoms with E-state index in [0.717, 1.165) is 16.3 Å². The third-order valence-electron chi connectivity index (χ3n) is 5.66. The Kier molecular flexibility index (Phi) is 5.66. The van der Waals surface area contributed by atoms with Crippen LogP contribution >= 0.6 is 0 Å². The molecule has 35 heavy (non-hydrogen) atoms. The third kappa shape index (κ3) is 4.31. The van der Waals surface area contributed by atoms with E-state index in [1.165, 1.54) is 23.0 Å². The van der Waals surface area contributed by atoms with E-state index in [1.54, 1.807) is 49.4 Å². The number of aromatic nitrogens is 2. The molecule has 0 fully saturated rings. The van der Waals surface area contributed by atoms with Crippen molar-refractivity contribution in [1.82, 2.24) is 9.66 Å². The first kappa shape index (κ1) is 22.5. The van der Waals surface area contributed by atoms with Crippen LogP contribution in [0, 0.1) is 13.8 Å². The molecule has 5 aromatic rings. The molecule has 4 aromatic carbocycles. The van der Waals surface area contributed by atoms with Gasteiger partial charge in [0.25, 0.3) is 5.56 Å². The summed E-state index contributed by atoms with van der Waals surface area (Å²) >= 11 is 0. The number of aryl methyl sites for hydroxylation is 2. The predicted molar refractivity (Wildman–Crippen MR) is 137 cm³/mol. The second-order valence-corrected chi connectivity index (χ2v) is 9.63. The van der Waals surface area contributed by atoms with Crippen molar-refractivity contribution in [1.29, 1.82) is 0 Å². The Morgan fingerprint density at radius 2 is 1.54 bits per heavy atom. The lowest BCUT2D eigenvalue weighted by atomic mass is 10.0. The predicted octanol–water partition coefficient (Wildman–Crippen LogP) is 4.82. The van der Waals surface area contributed by atoms with E-state index in [0.29, 0.717) is 22.3 Å². The van der Waals surface area contributed by atoms with E-state index < -0.39 is 10.1 Å². The minimum atomic E-state index is -4.09. The lowest BCUT2D eigenvalue weighted by Gasteiger charge is -2.12. The minimum Gasteiger partial charge on any atom is -0.378 e. The molecule has 0 atom stereocenters. The molecule has 0 aliphatic carbocycles. The summed E-state index contributed by atoms with van der Waals surface area (Å²) in [7, 11) is -4.09. The van der Waals surface area contributed by atoms with Crippen LogP contribution in [0.3, 0.4) is 0 Å². The van der Waals surface area contributed by atoms with E-state index >= 15 is 0 Å². The highest BCUT2D eigenvalue weighted by atomic mass is 32.2. The first-order chi connectivity index (χ1) is 16.8. The number of nitrogens with zero attached hydrogens (tertiary/aromatic N) is 3. The maximum absolute atomic E-state index is 13.0. The molecule has 0 radical (unpaired) electrons. The standard InChI is InChI=1S/C27H21N3O4S/c1-18-11-14-21(15-12-18)35(32,33)34-26-16-13-20-7-3-4-8-22(20)24(26)17-28-30-19(2)29-25-10-6-5-9-23(25)27(30)31/h3-17H,1-2H3. The molecule has 174 valence electrons. The molecule has 0 saturated carbocycles. The van der Waals surface area contributed by atoms with Gasteiger partial charge < -0.3 is 4.18 Å². The minimum absolute atomic E-state index is 0.0462. The highest BCUT2D eigenvalue weighted by Gasteiger charge is 2.19. The van der Waals surface area contributed by atoms with E-state index in [4.69, 9.17) is 4.18 Å². The highest BCUT2D eigenvalue weighted by Crippen LogP contribution is 2.29. The van der Waals surface area contributed by atoms with Crippen molar-refractivity contribution in [2.75, 3.05) is 0 Å². The Morgan fingerprint density at radius 3 is 2.31 bits per heavy atom. The zero-order chi connectivity index (χ0) is 24.6. The van der Waals surface area contributed by atoms with Crippen LogP contribution in [-0.2, 0) is 10.1 Å². The number of benzene rings is 4. The topological polar surface area (TPSA) is 90.6 Å². The summed E-state index contributed by atoms with van der Waals surface area (Å²) in [6, 6.07) is 24.3. The van der Waals surface area contributed by atoms with Crippen molar-refractivity contribution in [3.05, 3.63) is 112 Å². The molecule has 0 N–H and O–H groups in total. The van der Waals surface area contributed by atoms with Gasteiger partial charge in [0.1, 0.15) is 10.7 Å². The second-order valence-electron chi connectivity index (χ2n) is 8.09. The molecule has 0 amide bonds. The van der Waals surface area contributed by atoms with Crippen molar-refractivity contribution >= 4 is 38.0 Å². The fraction of sp³-hybridized carbons (Fsp3) is 0.0741. The third-order valence-corrected chi connectivity index (χ3v) is 6.91. The van der Waals surface area contributed by atoms with E-state index in [9.17, 15) is 13.2 Å². The summed E-state index contributed by atoms with van der Waals surface area (Å²) in [5.41, 5.74) is 1.63. The Hall–Kier alpha value is -4.30. The van der Waals surface area contributed by atoms with Gasteiger partial charge in [-0.2, -0.15) is 18.2 Å². The van der Waals surface area contributed by atoms with Gasteiger partial charge in [0.05, 0.1) is 17.1 Å². The van der Waals surface area contributed by atoms with E-state index in [2.05, 4.69) is 10.1 Å². The Balaban J connectivity index is 1.64. The van der Waals surface area contributed by atoms with Gasteiger partial charge in [0.15, 0.2) is 5.75 Å². The first-order valence-corrected chi connectivity index (χ1v) is 12.3. The summed E-state index contributed by atoms with van der Waals surface area (Å²) in [6.45, 7) is 3.56. The largest absolute Gasteiger partial charge is 0.378 e. The molecule has 5 rings (SSSR count). The molecule has 0 aliphatic rings. The summed E-state index contributed by atoms with van der Waals surface area (Å²) in [5.74, 6) is 0.507. The van der Waals surface area contributed by atoms with Crippen LogP contribution in [0.5, 0.6) is 5.75 Å². The van der Waals surface area contributed by atoms with Crippen LogP contribution in [0.1, 0.15) is 17.0 Å². The zero-order valence-electron chi connectivity index (χ0n) is 19.0. The summed E-state index contributed by atoms with van der Waals surface area (Å²) < 4.78 is 32.8. The number of para-hydroxylation sites is 1. The fourth-order valence-electron chi connectivity index (χ4n) is 3.84. The Bertz CT molecular complexity index is 1770. The number of hydrogen-bond acceptors (Lipinski definition) is 6. The van der Waals surface area contributed by atoms with Crippen LogP contribution < -0.4 is 9.74 Å². The lowest BCUT2D eigenvalue weighted by Crippen LogP contribution is -2.20. The molecular weight excluding hydrogens is 462 g/mol. The van der Waals surface area contributed by atoms with Gasteiger partial charge in [0, 0.05) is 5.56 Å². The highest BCUT2D eigenvalue weighted by molar-refractivity contribution is 7.87. The summed E-state index contributed by atoms with van der Waals surface area (Å²) in [4.78, 5) is 17.6. The molecule has 7 nitrogen and oxygen atoms in total. The Labute approximate surface area is 202 Å². The normalized spacial score (nSPS) is 11.9. The maximum Gasteiger partial charge on any atom is 0.339 e. The van der Waals surface area contributed by atoms with Crippen molar-refractivity contribution in [2.45, 2.75) is 18.7 Å². The van der Waals surface area contributed by atoms with Gasteiger partial charge in [-0.05, 0) is 55.0 Å². The van der Waals surface area contributed by atoms with Gasteiger partial charge in [-0.25, -0.2) is 4.98 Å².